The van der Waals surface area contributed by atoms with Gasteiger partial charge in [-0.25, -0.2) is 9.38 Å². The molecule has 0 aliphatic carbocycles. The minimum absolute atomic E-state index is 0. The minimum atomic E-state index is -0.222. The molecule has 0 bridgehead atoms. The molecule has 0 spiro atoms. The Balaban J connectivity index is 0.00000261. The molecule has 1 saturated heterocycles. The van der Waals surface area contributed by atoms with Crippen molar-refractivity contribution in [2.45, 2.75) is 26.0 Å². The molecule has 4 nitrogen and oxygen atoms in total. The summed E-state index contributed by atoms with van der Waals surface area (Å²) in [7, 11) is 0. The van der Waals surface area contributed by atoms with Crippen LogP contribution in [-0.2, 0) is 11.3 Å². The van der Waals surface area contributed by atoms with Crippen LogP contribution in [0.3, 0.4) is 0 Å². The summed E-state index contributed by atoms with van der Waals surface area (Å²) in [6.45, 7) is 4.63. The van der Waals surface area contributed by atoms with Crippen molar-refractivity contribution in [3.05, 3.63) is 71.5 Å². The standard InChI is InChI=1S/C21H26FN3O.HI/c1-2-23-21(24-14-17-10-6-7-11-19(17)22)25-15-18-12-13-26-20(18)16-8-4-3-5-9-16;/h3-11,18,20H,2,12-15H2,1H3,(H2,23,24,25);1H. The molecule has 0 radical (unpaired) electrons. The SMILES string of the molecule is CCNC(=NCc1ccccc1F)NCC1CCOC1c1ccccc1.I. The van der Waals surface area contributed by atoms with E-state index in [1.54, 1.807) is 12.1 Å². The fourth-order valence-electron chi connectivity index (χ4n) is 3.21. The third-order valence-corrected chi connectivity index (χ3v) is 4.58. The highest BCUT2D eigenvalue weighted by atomic mass is 127. The maximum atomic E-state index is 13.8. The lowest BCUT2D eigenvalue weighted by Gasteiger charge is -2.20. The Hall–Kier alpha value is -1.67. The number of aliphatic imine (C=N–C) groups is 1. The Morgan fingerprint density at radius 3 is 2.59 bits per heavy atom. The van der Waals surface area contributed by atoms with Crippen molar-refractivity contribution in [1.29, 1.82) is 0 Å². The number of ether oxygens (including phenoxy) is 1. The van der Waals surface area contributed by atoms with Crippen LogP contribution in [0, 0.1) is 11.7 Å². The van der Waals surface area contributed by atoms with Crippen molar-refractivity contribution >= 4 is 29.9 Å². The summed E-state index contributed by atoms with van der Waals surface area (Å²) < 4.78 is 19.7. The number of hydrogen-bond acceptors (Lipinski definition) is 2. The van der Waals surface area contributed by atoms with E-state index in [2.05, 4.69) is 27.8 Å². The minimum Gasteiger partial charge on any atom is -0.373 e. The third-order valence-electron chi connectivity index (χ3n) is 4.58. The highest BCUT2D eigenvalue weighted by molar-refractivity contribution is 14.0. The number of rotatable bonds is 6. The van der Waals surface area contributed by atoms with Gasteiger partial charge in [0.15, 0.2) is 5.96 Å². The lowest BCUT2D eigenvalue weighted by molar-refractivity contribution is 0.0915. The average molecular weight is 483 g/mol. The fourth-order valence-corrected chi connectivity index (χ4v) is 3.21. The quantitative estimate of drug-likeness (QED) is 0.367. The van der Waals surface area contributed by atoms with Gasteiger partial charge in [-0.1, -0.05) is 48.5 Å². The van der Waals surface area contributed by atoms with E-state index >= 15 is 0 Å². The first-order valence-corrected chi connectivity index (χ1v) is 9.20. The summed E-state index contributed by atoms with van der Waals surface area (Å²) in [6, 6.07) is 17.1. The van der Waals surface area contributed by atoms with Gasteiger partial charge in [0, 0.05) is 31.2 Å². The monoisotopic (exact) mass is 483 g/mol. The molecule has 1 heterocycles. The van der Waals surface area contributed by atoms with E-state index < -0.39 is 0 Å². The zero-order valence-electron chi connectivity index (χ0n) is 15.5. The Labute approximate surface area is 177 Å². The zero-order chi connectivity index (χ0) is 18.2. The number of nitrogens with one attached hydrogen (secondary N) is 2. The molecule has 1 aliphatic rings. The maximum Gasteiger partial charge on any atom is 0.191 e. The van der Waals surface area contributed by atoms with E-state index in [-0.39, 0.29) is 35.9 Å². The molecule has 2 N–H and O–H groups in total. The Morgan fingerprint density at radius 1 is 1.11 bits per heavy atom. The van der Waals surface area contributed by atoms with Crippen LogP contribution < -0.4 is 10.6 Å². The summed E-state index contributed by atoms with van der Waals surface area (Å²) in [5, 5.41) is 6.62. The smallest absolute Gasteiger partial charge is 0.191 e. The van der Waals surface area contributed by atoms with Gasteiger partial charge in [-0.15, -0.1) is 24.0 Å². The molecule has 2 atom stereocenters. The molecular formula is C21H27FIN3O. The molecule has 146 valence electrons. The first-order chi connectivity index (χ1) is 12.8. The molecule has 0 aromatic heterocycles. The van der Waals surface area contributed by atoms with Crippen molar-refractivity contribution < 1.29 is 9.13 Å². The van der Waals surface area contributed by atoms with Crippen LogP contribution in [0.25, 0.3) is 0 Å². The second-order valence-corrected chi connectivity index (χ2v) is 6.42. The fraction of sp³-hybridized carbons (Fsp3) is 0.381. The molecule has 1 fully saturated rings. The lowest BCUT2D eigenvalue weighted by Crippen LogP contribution is -2.40. The number of hydrogen-bond donors (Lipinski definition) is 2. The zero-order valence-corrected chi connectivity index (χ0v) is 17.9. The molecule has 2 aromatic rings. The average Bonchev–Trinajstić information content (AvgIpc) is 3.14. The van der Waals surface area contributed by atoms with Gasteiger partial charge in [0.25, 0.3) is 0 Å². The number of halogens is 2. The normalized spacial score (nSPS) is 19.4. The van der Waals surface area contributed by atoms with Crippen molar-refractivity contribution in [1.82, 2.24) is 10.6 Å². The lowest BCUT2D eigenvalue weighted by atomic mass is 9.95. The number of guanidine groups is 1. The summed E-state index contributed by atoms with van der Waals surface area (Å²) >= 11 is 0. The summed E-state index contributed by atoms with van der Waals surface area (Å²) in [5.41, 5.74) is 1.81. The van der Waals surface area contributed by atoms with Gasteiger partial charge < -0.3 is 15.4 Å². The van der Waals surface area contributed by atoms with Crippen LogP contribution in [0.2, 0.25) is 0 Å². The molecule has 6 heteroatoms. The second kappa shape index (κ2) is 11.2. The first-order valence-electron chi connectivity index (χ1n) is 9.20. The predicted molar refractivity (Wildman–Crippen MR) is 118 cm³/mol. The van der Waals surface area contributed by atoms with E-state index in [1.807, 2.05) is 31.2 Å². The van der Waals surface area contributed by atoms with Crippen molar-refractivity contribution in [3.8, 4) is 0 Å². The van der Waals surface area contributed by atoms with Gasteiger partial charge in [0.05, 0.1) is 12.6 Å². The van der Waals surface area contributed by atoms with Crippen LogP contribution in [0.4, 0.5) is 4.39 Å². The topological polar surface area (TPSA) is 45.7 Å². The molecule has 2 unspecified atom stereocenters. The second-order valence-electron chi connectivity index (χ2n) is 6.42. The van der Waals surface area contributed by atoms with Gasteiger partial charge in [-0.3, -0.25) is 0 Å². The molecule has 0 amide bonds. The first kappa shape index (κ1) is 21.6. The Morgan fingerprint density at radius 2 is 1.85 bits per heavy atom. The van der Waals surface area contributed by atoms with Gasteiger partial charge in [-0.2, -0.15) is 0 Å². The molecule has 2 aromatic carbocycles. The van der Waals surface area contributed by atoms with E-state index in [0.717, 1.165) is 26.1 Å². The van der Waals surface area contributed by atoms with Crippen LogP contribution in [-0.4, -0.2) is 25.7 Å². The van der Waals surface area contributed by atoms with E-state index in [0.29, 0.717) is 24.0 Å². The molecule has 27 heavy (non-hydrogen) atoms. The van der Waals surface area contributed by atoms with E-state index in [4.69, 9.17) is 4.74 Å². The van der Waals surface area contributed by atoms with Crippen LogP contribution in [0.5, 0.6) is 0 Å². The third kappa shape index (κ3) is 6.17. The van der Waals surface area contributed by atoms with Crippen molar-refractivity contribution in [2.75, 3.05) is 19.7 Å². The summed E-state index contributed by atoms with van der Waals surface area (Å²) in [4.78, 5) is 4.52. The van der Waals surface area contributed by atoms with Gasteiger partial charge in [-0.05, 0) is 25.0 Å². The van der Waals surface area contributed by atoms with Crippen LogP contribution in [0.15, 0.2) is 59.6 Å². The molecule has 3 rings (SSSR count). The van der Waals surface area contributed by atoms with E-state index in [9.17, 15) is 4.39 Å². The predicted octanol–water partition coefficient (Wildman–Crippen LogP) is 4.28. The summed E-state index contributed by atoms with van der Waals surface area (Å²) in [5.74, 6) is 0.865. The molecule has 1 aliphatic heterocycles. The van der Waals surface area contributed by atoms with Crippen molar-refractivity contribution in [3.63, 3.8) is 0 Å². The maximum absolute atomic E-state index is 13.8. The number of nitrogens with zero attached hydrogens (tertiary/aromatic N) is 1. The van der Waals surface area contributed by atoms with Crippen molar-refractivity contribution in [2.24, 2.45) is 10.9 Å². The highest BCUT2D eigenvalue weighted by Crippen LogP contribution is 2.33. The van der Waals surface area contributed by atoms with Crippen LogP contribution >= 0.6 is 24.0 Å². The Bertz CT molecular complexity index is 726. The Kier molecular flexibility index (Phi) is 9.00. The van der Waals surface area contributed by atoms with Gasteiger partial charge in [0.2, 0.25) is 0 Å². The van der Waals surface area contributed by atoms with E-state index in [1.165, 1.54) is 11.6 Å². The molecular weight excluding hydrogens is 456 g/mol. The van der Waals surface area contributed by atoms with Gasteiger partial charge in [0.1, 0.15) is 5.82 Å². The largest absolute Gasteiger partial charge is 0.373 e. The highest BCUT2D eigenvalue weighted by Gasteiger charge is 2.29. The molecule has 0 saturated carbocycles. The summed E-state index contributed by atoms with van der Waals surface area (Å²) in [6.07, 6.45) is 1.12. The van der Waals surface area contributed by atoms with Gasteiger partial charge >= 0.3 is 0 Å². The van der Waals surface area contributed by atoms with Crippen LogP contribution in [0.1, 0.15) is 30.6 Å². The number of benzene rings is 2.